The normalized spacial score (nSPS) is 12.2. The van der Waals surface area contributed by atoms with Gasteiger partial charge in [-0.05, 0) is 42.9 Å². The third-order valence-corrected chi connectivity index (χ3v) is 3.36. The van der Waals surface area contributed by atoms with Crippen molar-refractivity contribution in [2.75, 3.05) is 13.2 Å². The van der Waals surface area contributed by atoms with Crippen molar-refractivity contribution in [2.45, 2.75) is 46.1 Å². The SMILES string of the molecule is CCC(N)Cc1ccc(OCC(=O)NCCC(C)C)cc1. The lowest BCUT2D eigenvalue weighted by atomic mass is 10.0. The van der Waals surface area contributed by atoms with Gasteiger partial charge >= 0.3 is 0 Å². The lowest BCUT2D eigenvalue weighted by Gasteiger charge is -2.11. The van der Waals surface area contributed by atoms with Crippen molar-refractivity contribution in [3.63, 3.8) is 0 Å². The Kier molecular flexibility index (Phi) is 7.83. The summed E-state index contributed by atoms with van der Waals surface area (Å²) in [5, 5.41) is 2.85. The van der Waals surface area contributed by atoms with Gasteiger partial charge in [-0.3, -0.25) is 4.79 Å². The van der Waals surface area contributed by atoms with E-state index in [1.54, 1.807) is 0 Å². The summed E-state index contributed by atoms with van der Waals surface area (Å²) >= 11 is 0. The first-order valence-corrected chi connectivity index (χ1v) is 7.75. The molecule has 1 amide bonds. The molecular formula is C17H28N2O2. The summed E-state index contributed by atoms with van der Waals surface area (Å²) in [5.74, 6) is 1.23. The highest BCUT2D eigenvalue weighted by atomic mass is 16.5. The first kappa shape index (κ1) is 17.5. The van der Waals surface area contributed by atoms with E-state index in [0.717, 1.165) is 19.3 Å². The third kappa shape index (κ3) is 7.71. The molecule has 4 nitrogen and oxygen atoms in total. The number of carbonyl (C=O) groups excluding carboxylic acids is 1. The molecule has 1 unspecified atom stereocenters. The zero-order valence-electron chi connectivity index (χ0n) is 13.4. The van der Waals surface area contributed by atoms with E-state index < -0.39 is 0 Å². The fourth-order valence-electron chi connectivity index (χ4n) is 1.87. The minimum absolute atomic E-state index is 0.0614. The van der Waals surface area contributed by atoms with Crippen LogP contribution < -0.4 is 15.8 Å². The number of hydrogen-bond acceptors (Lipinski definition) is 3. The van der Waals surface area contributed by atoms with Crippen LogP contribution in [0.3, 0.4) is 0 Å². The van der Waals surface area contributed by atoms with Gasteiger partial charge in [0.2, 0.25) is 0 Å². The second kappa shape index (κ2) is 9.40. The fraction of sp³-hybridized carbons (Fsp3) is 0.588. The van der Waals surface area contributed by atoms with Gasteiger partial charge in [0.1, 0.15) is 5.75 Å². The molecule has 0 saturated carbocycles. The number of nitrogens with two attached hydrogens (primary N) is 1. The maximum absolute atomic E-state index is 11.6. The van der Waals surface area contributed by atoms with Crippen molar-refractivity contribution in [2.24, 2.45) is 11.7 Å². The molecule has 21 heavy (non-hydrogen) atoms. The smallest absolute Gasteiger partial charge is 0.257 e. The van der Waals surface area contributed by atoms with Crippen molar-refractivity contribution >= 4 is 5.91 Å². The first-order valence-electron chi connectivity index (χ1n) is 7.75. The molecule has 1 atom stereocenters. The summed E-state index contributed by atoms with van der Waals surface area (Å²) in [6.07, 6.45) is 2.82. The summed E-state index contributed by atoms with van der Waals surface area (Å²) in [5.41, 5.74) is 7.12. The quantitative estimate of drug-likeness (QED) is 0.735. The third-order valence-electron chi connectivity index (χ3n) is 3.36. The van der Waals surface area contributed by atoms with Crippen LogP contribution in [0.4, 0.5) is 0 Å². The number of benzene rings is 1. The van der Waals surface area contributed by atoms with Crippen molar-refractivity contribution in [3.05, 3.63) is 29.8 Å². The highest BCUT2D eigenvalue weighted by Crippen LogP contribution is 2.13. The molecule has 0 heterocycles. The second-order valence-corrected chi connectivity index (χ2v) is 5.84. The minimum atomic E-state index is -0.0762. The Labute approximate surface area is 128 Å². The Bertz CT molecular complexity index is 415. The van der Waals surface area contributed by atoms with E-state index in [1.165, 1.54) is 5.56 Å². The molecular weight excluding hydrogens is 264 g/mol. The summed E-state index contributed by atoms with van der Waals surface area (Å²) < 4.78 is 5.47. The average molecular weight is 292 g/mol. The van der Waals surface area contributed by atoms with Gasteiger partial charge in [-0.1, -0.05) is 32.9 Å². The summed E-state index contributed by atoms with van der Waals surface area (Å²) in [7, 11) is 0. The second-order valence-electron chi connectivity index (χ2n) is 5.84. The average Bonchev–Trinajstić information content (AvgIpc) is 2.46. The summed E-state index contributed by atoms with van der Waals surface area (Å²) in [4.78, 5) is 11.6. The number of amides is 1. The molecule has 1 aromatic carbocycles. The molecule has 0 bridgehead atoms. The predicted molar refractivity (Wildman–Crippen MR) is 86.4 cm³/mol. The standard InChI is InChI=1S/C17H28N2O2/c1-4-15(18)11-14-5-7-16(8-6-14)21-12-17(20)19-10-9-13(2)3/h5-8,13,15H,4,9-12,18H2,1-3H3,(H,19,20). The van der Waals surface area contributed by atoms with Crippen LogP contribution in [0.25, 0.3) is 0 Å². The van der Waals surface area contributed by atoms with Gasteiger partial charge < -0.3 is 15.8 Å². The number of carbonyl (C=O) groups is 1. The zero-order chi connectivity index (χ0) is 15.7. The van der Waals surface area contributed by atoms with Crippen LogP contribution in [0.2, 0.25) is 0 Å². The largest absolute Gasteiger partial charge is 0.484 e. The summed E-state index contributed by atoms with van der Waals surface area (Å²) in [6.45, 7) is 7.11. The highest BCUT2D eigenvalue weighted by Gasteiger charge is 2.04. The number of ether oxygens (including phenoxy) is 1. The van der Waals surface area contributed by atoms with E-state index >= 15 is 0 Å². The molecule has 0 saturated heterocycles. The van der Waals surface area contributed by atoms with Crippen molar-refractivity contribution in [1.29, 1.82) is 0 Å². The molecule has 0 spiro atoms. The monoisotopic (exact) mass is 292 g/mol. The molecule has 0 aliphatic rings. The van der Waals surface area contributed by atoms with Gasteiger partial charge in [0.15, 0.2) is 6.61 Å². The lowest BCUT2D eigenvalue weighted by molar-refractivity contribution is -0.123. The molecule has 0 aliphatic carbocycles. The van der Waals surface area contributed by atoms with Crippen LogP contribution in [0.15, 0.2) is 24.3 Å². The molecule has 1 aromatic rings. The van der Waals surface area contributed by atoms with Crippen molar-refractivity contribution in [1.82, 2.24) is 5.32 Å². The lowest BCUT2D eigenvalue weighted by Crippen LogP contribution is -2.30. The van der Waals surface area contributed by atoms with Gasteiger partial charge in [-0.15, -0.1) is 0 Å². The molecule has 0 aromatic heterocycles. The van der Waals surface area contributed by atoms with E-state index in [9.17, 15) is 4.79 Å². The Morgan fingerprint density at radius 2 is 1.95 bits per heavy atom. The Hall–Kier alpha value is -1.55. The maximum atomic E-state index is 11.6. The molecule has 0 aliphatic heterocycles. The Balaban J connectivity index is 2.30. The van der Waals surface area contributed by atoms with Gasteiger partial charge in [0.05, 0.1) is 0 Å². The van der Waals surface area contributed by atoms with Gasteiger partial charge in [-0.25, -0.2) is 0 Å². The van der Waals surface area contributed by atoms with Crippen LogP contribution in [0.1, 0.15) is 39.2 Å². The fourth-order valence-corrected chi connectivity index (χ4v) is 1.87. The van der Waals surface area contributed by atoms with E-state index in [1.807, 2.05) is 24.3 Å². The van der Waals surface area contributed by atoms with Crippen molar-refractivity contribution in [3.8, 4) is 5.75 Å². The van der Waals surface area contributed by atoms with E-state index in [0.29, 0.717) is 18.2 Å². The van der Waals surface area contributed by atoms with E-state index in [-0.39, 0.29) is 18.6 Å². The molecule has 118 valence electrons. The highest BCUT2D eigenvalue weighted by molar-refractivity contribution is 5.77. The zero-order valence-corrected chi connectivity index (χ0v) is 13.4. The Morgan fingerprint density at radius 1 is 1.29 bits per heavy atom. The number of rotatable bonds is 9. The Morgan fingerprint density at radius 3 is 2.52 bits per heavy atom. The van der Waals surface area contributed by atoms with E-state index in [4.69, 9.17) is 10.5 Å². The van der Waals surface area contributed by atoms with Crippen molar-refractivity contribution < 1.29 is 9.53 Å². The molecule has 0 fully saturated rings. The molecule has 0 radical (unpaired) electrons. The number of nitrogens with one attached hydrogen (secondary N) is 1. The van der Waals surface area contributed by atoms with Crippen LogP contribution >= 0.6 is 0 Å². The van der Waals surface area contributed by atoms with Crippen LogP contribution in [-0.2, 0) is 11.2 Å². The van der Waals surface area contributed by atoms with Crippen LogP contribution in [-0.4, -0.2) is 25.1 Å². The maximum Gasteiger partial charge on any atom is 0.257 e. The summed E-state index contributed by atoms with van der Waals surface area (Å²) in [6, 6.07) is 7.98. The number of hydrogen-bond donors (Lipinski definition) is 2. The molecule has 4 heteroatoms. The van der Waals surface area contributed by atoms with E-state index in [2.05, 4.69) is 26.1 Å². The first-order chi connectivity index (χ1) is 10.0. The molecule has 3 N–H and O–H groups in total. The topological polar surface area (TPSA) is 64.3 Å². The van der Waals surface area contributed by atoms with Crippen LogP contribution in [0, 0.1) is 5.92 Å². The van der Waals surface area contributed by atoms with Gasteiger partial charge in [0, 0.05) is 12.6 Å². The predicted octanol–water partition coefficient (Wildman–Crippen LogP) is 2.51. The van der Waals surface area contributed by atoms with Gasteiger partial charge in [0.25, 0.3) is 5.91 Å². The van der Waals surface area contributed by atoms with Gasteiger partial charge in [-0.2, -0.15) is 0 Å². The van der Waals surface area contributed by atoms with Crippen LogP contribution in [0.5, 0.6) is 5.75 Å². The molecule has 1 rings (SSSR count). The minimum Gasteiger partial charge on any atom is -0.484 e.